The van der Waals surface area contributed by atoms with Crippen molar-refractivity contribution >= 4 is 5.91 Å². The highest BCUT2D eigenvalue weighted by molar-refractivity contribution is 5.79. The maximum absolute atomic E-state index is 12.8. The lowest BCUT2D eigenvalue weighted by molar-refractivity contribution is -0.133. The van der Waals surface area contributed by atoms with E-state index in [-0.39, 0.29) is 24.0 Å². The molecule has 2 fully saturated rings. The maximum Gasteiger partial charge on any atom is 0.237 e. The lowest BCUT2D eigenvalue weighted by Gasteiger charge is -2.28. The fourth-order valence-corrected chi connectivity index (χ4v) is 4.10. The molecule has 1 aromatic rings. The van der Waals surface area contributed by atoms with Crippen molar-refractivity contribution in [2.75, 3.05) is 32.8 Å². The van der Waals surface area contributed by atoms with Crippen molar-refractivity contribution in [1.29, 1.82) is 0 Å². The number of hydrogen-bond donors (Lipinski definition) is 1. The van der Waals surface area contributed by atoms with Gasteiger partial charge in [-0.3, -0.25) is 9.69 Å². The number of aliphatic hydroxyl groups excluding tert-OH is 1. The molecule has 1 N–H and O–H groups in total. The molecule has 25 heavy (non-hydrogen) atoms. The highest BCUT2D eigenvalue weighted by atomic mass is 16.3. The summed E-state index contributed by atoms with van der Waals surface area (Å²) in [4.78, 5) is 17.1. The van der Waals surface area contributed by atoms with Crippen LogP contribution < -0.4 is 0 Å². The Hall–Kier alpha value is -1.39. The Morgan fingerprint density at radius 2 is 1.88 bits per heavy atom. The lowest BCUT2D eigenvalue weighted by Crippen LogP contribution is -2.39. The minimum absolute atomic E-state index is 0.155. The van der Waals surface area contributed by atoms with E-state index in [4.69, 9.17) is 0 Å². The summed E-state index contributed by atoms with van der Waals surface area (Å²) < 4.78 is 0. The van der Waals surface area contributed by atoms with E-state index >= 15 is 0 Å². The molecule has 3 rings (SSSR count). The Morgan fingerprint density at radius 3 is 2.48 bits per heavy atom. The molecule has 2 aliphatic rings. The van der Waals surface area contributed by atoms with Crippen molar-refractivity contribution in [1.82, 2.24) is 9.80 Å². The Balaban J connectivity index is 1.65. The van der Waals surface area contributed by atoms with Crippen LogP contribution in [0.5, 0.6) is 0 Å². The largest absolute Gasteiger partial charge is 0.396 e. The maximum atomic E-state index is 12.8. The first-order chi connectivity index (χ1) is 11.9. The van der Waals surface area contributed by atoms with Crippen LogP contribution in [-0.2, 0) is 10.2 Å². The number of likely N-dealkylation sites (tertiary alicyclic amines) is 2. The highest BCUT2D eigenvalue weighted by Crippen LogP contribution is 2.33. The molecule has 2 heterocycles. The SMILES string of the molecule is CC(C)(C)c1ccc([C@@H]2CCCN2C(=O)CN2CC[C@H](CO)C2)cc1. The van der Waals surface area contributed by atoms with Crippen molar-refractivity contribution in [2.45, 2.75) is 51.5 Å². The summed E-state index contributed by atoms with van der Waals surface area (Å²) in [5.41, 5.74) is 2.75. The van der Waals surface area contributed by atoms with Crippen molar-refractivity contribution < 1.29 is 9.90 Å². The van der Waals surface area contributed by atoms with Gasteiger partial charge >= 0.3 is 0 Å². The van der Waals surface area contributed by atoms with Crippen molar-refractivity contribution in [3.63, 3.8) is 0 Å². The summed E-state index contributed by atoms with van der Waals surface area (Å²) in [6.07, 6.45) is 3.14. The predicted molar refractivity (Wildman–Crippen MR) is 100 cm³/mol. The number of amides is 1. The molecule has 4 nitrogen and oxygen atoms in total. The van der Waals surface area contributed by atoms with Gasteiger partial charge in [0.1, 0.15) is 0 Å². The fraction of sp³-hybridized carbons (Fsp3) is 0.667. The molecule has 0 saturated carbocycles. The number of carbonyl (C=O) groups is 1. The van der Waals surface area contributed by atoms with E-state index in [0.29, 0.717) is 12.5 Å². The Bertz CT molecular complexity index is 591. The van der Waals surface area contributed by atoms with Gasteiger partial charge in [0, 0.05) is 19.7 Å². The van der Waals surface area contributed by atoms with Gasteiger partial charge in [-0.25, -0.2) is 0 Å². The van der Waals surface area contributed by atoms with E-state index in [1.165, 1.54) is 11.1 Å². The van der Waals surface area contributed by atoms with Crippen LogP contribution >= 0.6 is 0 Å². The van der Waals surface area contributed by atoms with Crippen LogP contribution in [0.4, 0.5) is 0 Å². The minimum Gasteiger partial charge on any atom is -0.396 e. The van der Waals surface area contributed by atoms with E-state index in [9.17, 15) is 9.90 Å². The average Bonchev–Trinajstić information content (AvgIpc) is 3.23. The third-order valence-electron chi connectivity index (χ3n) is 5.72. The Kier molecular flexibility index (Phi) is 5.49. The van der Waals surface area contributed by atoms with Gasteiger partial charge in [-0.05, 0) is 48.3 Å². The zero-order valence-corrected chi connectivity index (χ0v) is 15.9. The summed E-state index contributed by atoms with van der Waals surface area (Å²) in [6.45, 7) is 10.0. The molecule has 0 spiro atoms. The van der Waals surface area contributed by atoms with Gasteiger partial charge in [-0.1, -0.05) is 45.0 Å². The summed E-state index contributed by atoms with van der Waals surface area (Å²) in [7, 11) is 0. The van der Waals surface area contributed by atoms with Gasteiger partial charge in [-0.15, -0.1) is 0 Å². The Labute approximate surface area is 151 Å². The highest BCUT2D eigenvalue weighted by Gasteiger charge is 2.32. The summed E-state index contributed by atoms with van der Waals surface area (Å²) in [5.74, 6) is 0.577. The molecule has 4 heteroatoms. The standard InChI is InChI=1S/C21H32N2O2/c1-21(2,3)18-8-6-17(7-9-18)19-5-4-11-23(19)20(25)14-22-12-10-16(13-22)15-24/h6-9,16,19,24H,4-5,10-15H2,1-3H3/t16-,19-/m0/s1. The van der Waals surface area contributed by atoms with E-state index in [2.05, 4.69) is 54.8 Å². The van der Waals surface area contributed by atoms with Gasteiger partial charge in [-0.2, -0.15) is 0 Å². The number of rotatable bonds is 4. The number of carbonyl (C=O) groups excluding carboxylic acids is 1. The topological polar surface area (TPSA) is 43.8 Å². The minimum atomic E-state index is 0.155. The number of nitrogens with zero attached hydrogens (tertiary/aromatic N) is 2. The molecular formula is C21H32N2O2. The quantitative estimate of drug-likeness (QED) is 0.913. The summed E-state index contributed by atoms with van der Waals surface area (Å²) in [6, 6.07) is 9.05. The van der Waals surface area contributed by atoms with E-state index < -0.39 is 0 Å². The first-order valence-electron chi connectivity index (χ1n) is 9.61. The molecule has 2 atom stereocenters. The van der Waals surface area contributed by atoms with Crippen LogP contribution in [0.15, 0.2) is 24.3 Å². The van der Waals surface area contributed by atoms with Gasteiger partial charge in [0.15, 0.2) is 0 Å². The molecule has 1 amide bonds. The predicted octanol–water partition coefficient (Wildman–Crippen LogP) is 2.96. The second kappa shape index (κ2) is 7.46. The smallest absolute Gasteiger partial charge is 0.237 e. The first-order valence-corrected chi connectivity index (χ1v) is 9.61. The molecule has 1 aromatic carbocycles. The van der Waals surface area contributed by atoms with Crippen molar-refractivity contribution in [3.05, 3.63) is 35.4 Å². The van der Waals surface area contributed by atoms with Crippen LogP contribution in [0, 0.1) is 5.92 Å². The van der Waals surface area contributed by atoms with Crippen LogP contribution in [0.2, 0.25) is 0 Å². The molecule has 0 aliphatic carbocycles. The third kappa shape index (κ3) is 4.24. The fourth-order valence-electron chi connectivity index (χ4n) is 4.10. The van der Waals surface area contributed by atoms with Crippen LogP contribution in [0.25, 0.3) is 0 Å². The third-order valence-corrected chi connectivity index (χ3v) is 5.72. The number of aliphatic hydroxyl groups is 1. The number of hydrogen-bond acceptors (Lipinski definition) is 3. The molecule has 2 saturated heterocycles. The van der Waals surface area contributed by atoms with Crippen LogP contribution in [0.1, 0.15) is 57.2 Å². The molecule has 2 aliphatic heterocycles. The van der Waals surface area contributed by atoms with Crippen LogP contribution in [0.3, 0.4) is 0 Å². The molecule has 0 radical (unpaired) electrons. The molecule has 0 unspecified atom stereocenters. The Morgan fingerprint density at radius 1 is 1.16 bits per heavy atom. The zero-order valence-electron chi connectivity index (χ0n) is 15.9. The average molecular weight is 344 g/mol. The second-order valence-electron chi connectivity index (χ2n) is 8.69. The second-order valence-corrected chi connectivity index (χ2v) is 8.69. The molecular weight excluding hydrogens is 312 g/mol. The van der Waals surface area contributed by atoms with E-state index in [1.54, 1.807) is 0 Å². The zero-order chi connectivity index (χ0) is 18.0. The van der Waals surface area contributed by atoms with Gasteiger partial charge < -0.3 is 10.0 Å². The molecule has 0 aromatic heterocycles. The van der Waals surface area contributed by atoms with Crippen molar-refractivity contribution in [2.24, 2.45) is 5.92 Å². The van der Waals surface area contributed by atoms with Gasteiger partial charge in [0.2, 0.25) is 5.91 Å². The van der Waals surface area contributed by atoms with Gasteiger partial charge in [0.25, 0.3) is 0 Å². The molecule has 0 bridgehead atoms. The monoisotopic (exact) mass is 344 g/mol. The van der Waals surface area contributed by atoms with Crippen LogP contribution in [-0.4, -0.2) is 53.6 Å². The van der Waals surface area contributed by atoms with Crippen molar-refractivity contribution in [3.8, 4) is 0 Å². The van der Waals surface area contributed by atoms with Gasteiger partial charge in [0.05, 0.1) is 12.6 Å². The van der Waals surface area contributed by atoms with E-state index in [1.807, 2.05) is 0 Å². The first kappa shape index (κ1) is 18.4. The molecule has 138 valence electrons. The lowest BCUT2D eigenvalue weighted by atomic mass is 9.86. The summed E-state index contributed by atoms with van der Waals surface area (Å²) >= 11 is 0. The van der Waals surface area contributed by atoms with E-state index in [0.717, 1.165) is 38.9 Å². The number of benzene rings is 1. The summed E-state index contributed by atoms with van der Waals surface area (Å²) in [5, 5.41) is 9.28. The normalized spacial score (nSPS) is 24.9.